The molecule has 7 heteroatoms. The van der Waals surface area contributed by atoms with Crippen LogP contribution >= 0.6 is 34.8 Å². The molecule has 0 saturated carbocycles. The topological polar surface area (TPSA) is 42.8 Å². The Labute approximate surface area is 192 Å². The molecular formula is C23H28Cl3N2O2+. The molecule has 2 heterocycles. The van der Waals surface area contributed by atoms with Gasteiger partial charge in [0, 0.05) is 11.5 Å². The summed E-state index contributed by atoms with van der Waals surface area (Å²) in [5.74, 6) is 0.120. The number of hydrogen-bond acceptors (Lipinski definition) is 2. The molecule has 2 aliphatic heterocycles. The standard InChI is InChI=1S/C23H27Cl3N2O2/c24-23(25,26)22(30-15-17-9-6-14-28-13-4-3-12-20(17)28)27-21(29)19-11-5-8-16-7-1-2-10-18(16)19/h1-2,5,7-8,10-11,17,20,22H,3-4,6,9,12-15H2,(H,27,29)/p+1/t17-,20-,22-/m1/s1. The Bertz CT molecular complexity index is 879. The zero-order valence-corrected chi connectivity index (χ0v) is 19.1. The molecule has 4 nitrogen and oxygen atoms in total. The maximum absolute atomic E-state index is 13.0. The molecular weight excluding hydrogens is 443 g/mol. The molecule has 1 unspecified atom stereocenters. The van der Waals surface area contributed by atoms with Crippen molar-refractivity contribution in [2.24, 2.45) is 5.92 Å². The highest BCUT2D eigenvalue weighted by Gasteiger charge is 2.40. The number of halogens is 3. The van der Waals surface area contributed by atoms with E-state index < -0.39 is 10.0 Å². The van der Waals surface area contributed by atoms with E-state index in [9.17, 15) is 4.79 Å². The monoisotopic (exact) mass is 469 g/mol. The lowest BCUT2D eigenvalue weighted by molar-refractivity contribution is -0.940. The number of piperidine rings is 2. The van der Waals surface area contributed by atoms with Gasteiger partial charge >= 0.3 is 0 Å². The lowest BCUT2D eigenvalue weighted by Crippen LogP contribution is -3.18. The van der Waals surface area contributed by atoms with Crippen molar-refractivity contribution in [1.82, 2.24) is 5.32 Å². The fraction of sp³-hybridized carbons (Fsp3) is 0.522. The van der Waals surface area contributed by atoms with Crippen LogP contribution in [0.5, 0.6) is 0 Å². The number of nitrogens with one attached hydrogen (secondary N) is 2. The van der Waals surface area contributed by atoms with Gasteiger partial charge in [-0.05, 0) is 48.9 Å². The van der Waals surface area contributed by atoms with Crippen LogP contribution < -0.4 is 10.2 Å². The van der Waals surface area contributed by atoms with Crippen molar-refractivity contribution in [1.29, 1.82) is 0 Å². The molecule has 2 aliphatic rings. The first-order valence-electron chi connectivity index (χ1n) is 10.7. The minimum absolute atomic E-state index is 0.309. The summed E-state index contributed by atoms with van der Waals surface area (Å²) in [5.41, 5.74) is 0.538. The highest BCUT2D eigenvalue weighted by molar-refractivity contribution is 6.68. The van der Waals surface area contributed by atoms with Crippen LogP contribution in [0.3, 0.4) is 0 Å². The molecule has 2 fully saturated rings. The average molecular weight is 471 g/mol. The van der Waals surface area contributed by atoms with Gasteiger partial charge in [-0.2, -0.15) is 0 Å². The second-order valence-electron chi connectivity index (χ2n) is 8.42. The summed E-state index contributed by atoms with van der Waals surface area (Å²) in [4.78, 5) is 14.7. The van der Waals surface area contributed by atoms with Crippen LogP contribution in [-0.4, -0.2) is 41.7 Å². The smallest absolute Gasteiger partial charge is 0.254 e. The van der Waals surface area contributed by atoms with Gasteiger partial charge in [-0.1, -0.05) is 71.2 Å². The number of carbonyl (C=O) groups excluding carboxylic acids is 1. The molecule has 0 aliphatic carbocycles. The van der Waals surface area contributed by atoms with E-state index in [1.165, 1.54) is 38.8 Å². The molecule has 0 spiro atoms. The third kappa shape index (κ3) is 5.05. The molecule has 2 N–H and O–H groups in total. The summed E-state index contributed by atoms with van der Waals surface area (Å²) in [7, 11) is 0. The number of alkyl halides is 3. The first-order chi connectivity index (χ1) is 14.4. The van der Waals surface area contributed by atoms with Gasteiger partial charge in [0.05, 0.1) is 25.7 Å². The predicted molar refractivity (Wildman–Crippen MR) is 123 cm³/mol. The Hall–Kier alpha value is -1.04. The Kier molecular flexibility index (Phi) is 7.11. The number of fused-ring (bicyclic) bond motifs is 2. The highest BCUT2D eigenvalue weighted by Crippen LogP contribution is 2.32. The molecule has 2 aromatic carbocycles. The molecule has 0 bridgehead atoms. The van der Waals surface area contributed by atoms with Crippen molar-refractivity contribution < 1.29 is 14.4 Å². The van der Waals surface area contributed by atoms with Gasteiger partial charge in [0.2, 0.25) is 3.79 Å². The van der Waals surface area contributed by atoms with Crippen LogP contribution in [0, 0.1) is 5.92 Å². The van der Waals surface area contributed by atoms with Crippen molar-refractivity contribution in [3.8, 4) is 0 Å². The van der Waals surface area contributed by atoms with Crippen LogP contribution in [0.25, 0.3) is 10.8 Å². The van der Waals surface area contributed by atoms with Gasteiger partial charge in [0.25, 0.3) is 5.91 Å². The number of quaternary nitrogens is 1. The summed E-state index contributed by atoms with van der Waals surface area (Å²) in [5, 5.41) is 4.65. The molecule has 2 saturated heterocycles. The number of carbonyl (C=O) groups is 1. The molecule has 1 amide bonds. The Morgan fingerprint density at radius 1 is 1.07 bits per heavy atom. The summed E-state index contributed by atoms with van der Waals surface area (Å²) >= 11 is 18.6. The van der Waals surface area contributed by atoms with Crippen LogP contribution in [0.15, 0.2) is 42.5 Å². The van der Waals surface area contributed by atoms with Gasteiger partial charge in [0.15, 0.2) is 6.23 Å². The van der Waals surface area contributed by atoms with Crippen LogP contribution in [0.1, 0.15) is 42.5 Å². The van der Waals surface area contributed by atoms with Crippen molar-refractivity contribution in [3.63, 3.8) is 0 Å². The quantitative estimate of drug-likeness (QED) is 0.510. The number of ether oxygens (including phenoxy) is 1. The summed E-state index contributed by atoms with van der Waals surface area (Å²) < 4.78 is 4.30. The number of benzene rings is 2. The largest absolute Gasteiger partial charge is 0.353 e. The summed E-state index contributed by atoms with van der Waals surface area (Å²) in [6, 6.07) is 13.9. The average Bonchev–Trinajstić information content (AvgIpc) is 2.75. The van der Waals surface area contributed by atoms with Crippen LogP contribution in [0.4, 0.5) is 0 Å². The zero-order valence-electron chi connectivity index (χ0n) is 16.9. The van der Waals surface area contributed by atoms with Gasteiger partial charge in [-0.15, -0.1) is 0 Å². The first kappa shape index (κ1) is 22.2. The molecule has 2 aromatic rings. The van der Waals surface area contributed by atoms with E-state index in [1.807, 2.05) is 36.4 Å². The van der Waals surface area contributed by atoms with Crippen molar-refractivity contribution >= 4 is 51.5 Å². The fourth-order valence-corrected chi connectivity index (χ4v) is 5.39. The van der Waals surface area contributed by atoms with Crippen molar-refractivity contribution in [2.45, 2.75) is 48.2 Å². The van der Waals surface area contributed by atoms with E-state index in [1.54, 1.807) is 11.0 Å². The van der Waals surface area contributed by atoms with Crippen molar-refractivity contribution in [3.05, 3.63) is 48.0 Å². The second-order valence-corrected chi connectivity index (χ2v) is 10.8. The maximum Gasteiger partial charge on any atom is 0.254 e. The highest BCUT2D eigenvalue weighted by atomic mass is 35.6. The lowest BCUT2D eigenvalue weighted by Gasteiger charge is -2.41. The Morgan fingerprint density at radius 2 is 1.83 bits per heavy atom. The first-order valence-corrected chi connectivity index (χ1v) is 11.9. The predicted octanol–water partition coefficient (Wildman–Crippen LogP) is 4.13. The van der Waals surface area contributed by atoms with E-state index >= 15 is 0 Å². The fourth-order valence-electron chi connectivity index (χ4n) is 5.04. The van der Waals surface area contributed by atoms with Crippen molar-refractivity contribution in [2.75, 3.05) is 19.7 Å². The van der Waals surface area contributed by atoms with Gasteiger partial charge < -0.3 is 15.0 Å². The minimum atomic E-state index is -1.76. The zero-order chi connectivity index (χ0) is 21.1. The van der Waals surface area contributed by atoms with Gasteiger partial charge in [0.1, 0.15) is 0 Å². The Morgan fingerprint density at radius 3 is 2.67 bits per heavy atom. The Balaban J connectivity index is 1.46. The van der Waals surface area contributed by atoms with E-state index in [2.05, 4.69) is 5.32 Å². The maximum atomic E-state index is 13.0. The van der Waals surface area contributed by atoms with Gasteiger partial charge in [-0.3, -0.25) is 4.79 Å². The minimum Gasteiger partial charge on any atom is -0.353 e. The second kappa shape index (κ2) is 9.62. The van der Waals surface area contributed by atoms with Crippen LogP contribution in [0.2, 0.25) is 0 Å². The number of amides is 1. The summed E-state index contributed by atoms with van der Waals surface area (Å²) in [6.07, 6.45) is 5.11. The SMILES string of the molecule is O=C(N[C@H](OC[C@H]1CCC[NH+]2CCCC[C@H]12)C(Cl)(Cl)Cl)c1cccc2ccccc12. The molecule has 0 radical (unpaired) electrons. The normalized spacial score (nSPS) is 25.5. The third-order valence-corrected chi connectivity index (χ3v) is 7.09. The molecule has 0 aromatic heterocycles. The molecule has 30 heavy (non-hydrogen) atoms. The molecule has 4 rings (SSSR count). The van der Waals surface area contributed by atoms with E-state index in [-0.39, 0.29) is 5.91 Å². The van der Waals surface area contributed by atoms with Gasteiger partial charge in [-0.25, -0.2) is 0 Å². The van der Waals surface area contributed by atoms with E-state index in [0.29, 0.717) is 24.1 Å². The molecule has 4 atom stereocenters. The third-order valence-electron chi connectivity index (χ3n) is 6.50. The van der Waals surface area contributed by atoms with E-state index in [0.717, 1.165) is 17.2 Å². The van der Waals surface area contributed by atoms with E-state index in [4.69, 9.17) is 39.5 Å². The summed E-state index contributed by atoms with van der Waals surface area (Å²) in [6.45, 7) is 2.97. The lowest BCUT2D eigenvalue weighted by atomic mass is 9.84. The number of rotatable bonds is 5. The molecule has 162 valence electrons. The number of hydrogen-bond donors (Lipinski definition) is 2. The van der Waals surface area contributed by atoms with Crippen LogP contribution in [-0.2, 0) is 4.74 Å².